The second kappa shape index (κ2) is 10.8. The van der Waals surface area contributed by atoms with Crippen LogP contribution in [0.25, 0.3) is 11.1 Å². The fraction of sp³-hybridized carbons (Fsp3) is 0.259. The SMILES string of the molecule is CCC(CNC(=O)OCC1c2ccccc2-c2ccccc21)C(=O)Nc1ccc(CC(=O)O)nc1. The molecule has 8 heteroatoms. The van der Waals surface area contributed by atoms with Crippen molar-refractivity contribution in [3.8, 4) is 11.1 Å². The number of carboxylic acid groups (broad SMARTS) is 1. The number of hydrogen-bond donors (Lipinski definition) is 3. The first-order valence-electron chi connectivity index (χ1n) is 11.5. The number of nitrogens with one attached hydrogen (secondary N) is 2. The van der Waals surface area contributed by atoms with Crippen LogP contribution in [0.4, 0.5) is 10.5 Å². The number of carbonyl (C=O) groups excluding carboxylic acids is 2. The van der Waals surface area contributed by atoms with Gasteiger partial charge in [-0.1, -0.05) is 55.5 Å². The average Bonchev–Trinajstić information content (AvgIpc) is 3.18. The summed E-state index contributed by atoms with van der Waals surface area (Å²) in [7, 11) is 0. The summed E-state index contributed by atoms with van der Waals surface area (Å²) in [6.07, 6.45) is 1.18. The summed E-state index contributed by atoms with van der Waals surface area (Å²) in [6, 6.07) is 19.4. The second-order valence-corrected chi connectivity index (χ2v) is 8.41. The Morgan fingerprint density at radius 3 is 2.23 bits per heavy atom. The molecule has 0 saturated heterocycles. The van der Waals surface area contributed by atoms with Crippen LogP contribution in [0.5, 0.6) is 0 Å². The number of ether oxygens (including phenoxy) is 1. The Morgan fingerprint density at radius 1 is 1.00 bits per heavy atom. The van der Waals surface area contributed by atoms with Crippen molar-refractivity contribution in [2.45, 2.75) is 25.7 Å². The van der Waals surface area contributed by atoms with E-state index in [9.17, 15) is 14.4 Å². The van der Waals surface area contributed by atoms with Crippen LogP contribution in [-0.2, 0) is 20.7 Å². The van der Waals surface area contributed by atoms with Crippen LogP contribution >= 0.6 is 0 Å². The number of hydrogen-bond acceptors (Lipinski definition) is 5. The molecular weight excluding hydrogens is 446 g/mol. The van der Waals surface area contributed by atoms with E-state index in [1.165, 1.54) is 6.20 Å². The molecule has 0 fully saturated rings. The van der Waals surface area contributed by atoms with Gasteiger partial charge in [0.05, 0.1) is 29.9 Å². The first-order valence-corrected chi connectivity index (χ1v) is 11.5. The Balaban J connectivity index is 1.29. The van der Waals surface area contributed by atoms with Crippen LogP contribution in [0.1, 0.15) is 36.1 Å². The van der Waals surface area contributed by atoms with Gasteiger partial charge in [-0.05, 0) is 40.8 Å². The van der Waals surface area contributed by atoms with Gasteiger partial charge in [-0.3, -0.25) is 14.6 Å². The van der Waals surface area contributed by atoms with Crippen LogP contribution in [0.15, 0.2) is 66.9 Å². The van der Waals surface area contributed by atoms with Gasteiger partial charge < -0.3 is 20.5 Å². The molecule has 1 heterocycles. The van der Waals surface area contributed by atoms with Crippen molar-refractivity contribution in [3.63, 3.8) is 0 Å². The maximum atomic E-state index is 12.6. The van der Waals surface area contributed by atoms with Gasteiger partial charge in [0, 0.05) is 12.5 Å². The van der Waals surface area contributed by atoms with E-state index in [-0.39, 0.29) is 31.4 Å². The quantitative estimate of drug-likeness (QED) is 0.429. The monoisotopic (exact) mass is 473 g/mol. The first kappa shape index (κ1) is 23.9. The third kappa shape index (κ3) is 5.66. The van der Waals surface area contributed by atoms with E-state index >= 15 is 0 Å². The van der Waals surface area contributed by atoms with Crippen LogP contribution in [0.3, 0.4) is 0 Å². The van der Waals surface area contributed by atoms with E-state index < -0.39 is 18.0 Å². The van der Waals surface area contributed by atoms with E-state index in [0.717, 1.165) is 22.3 Å². The third-order valence-electron chi connectivity index (χ3n) is 6.12. The first-order chi connectivity index (χ1) is 17.0. The lowest BCUT2D eigenvalue weighted by atomic mass is 9.98. The van der Waals surface area contributed by atoms with Crippen LogP contribution in [0.2, 0.25) is 0 Å². The number of fused-ring (bicyclic) bond motifs is 3. The lowest BCUT2D eigenvalue weighted by Gasteiger charge is -2.17. The topological polar surface area (TPSA) is 118 Å². The molecule has 2 amide bonds. The maximum absolute atomic E-state index is 12.6. The molecule has 1 unspecified atom stereocenters. The van der Waals surface area contributed by atoms with E-state index in [1.807, 2.05) is 31.2 Å². The Morgan fingerprint density at radius 2 is 1.66 bits per heavy atom. The number of aliphatic carboxylic acids is 1. The van der Waals surface area contributed by atoms with Gasteiger partial charge >= 0.3 is 12.1 Å². The molecule has 0 saturated carbocycles. The molecule has 180 valence electrons. The molecule has 0 spiro atoms. The number of rotatable bonds is 9. The van der Waals surface area contributed by atoms with E-state index in [4.69, 9.17) is 9.84 Å². The van der Waals surface area contributed by atoms with Gasteiger partial charge in [0.15, 0.2) is 0 Å². The molecule has 35 heavy (non-hydrogen) atoms. The summed E-state index contributed by atoms with van der Waals surface area (Å²) >= 11 is 0. The number of aromatic nitrogens is 1. The number of anilines is 1. The molecule has 4 rings (SSSR count). The van der Waals surface area contributed by atoms with E-state index in [2.05, 4.69) is 39.9 Å². The predicted molar refractivity (Wildman–Crippen MR) is 131 cm³/mol. The standard InChI is InChI=1S/C27H27N3O5/c1-2-17(26(33)30-19-12-11-18(28-15-19)13-25(31)32)14-29-27(34)35-16-24-22-9-5-3-7-20(22)21-8-4-6-10-23(21)24/h3-12,15,17,24H,2,13-14,16H2,1H3,(H,29,34)(H,30,33)(H,31,32). The fourth-order valence-corrected chi connectivity index (χ4v) is 4.28. The van der Waals surface area contributed by atoms with Gasteiger partial charge in [-0.25, -0.2) is 4.79 Å². The molecule has 1 aromatic heterocycles. The largest absolute Gasteiger partial charge is 0.481 e. The van der Waals surface area contributed by atoms with Crippen molar-refractivity contribution in [2.24, 2.45) is 5.92 Å². The highest BCUT2D eigenvalue weighted by Crippen LogP contribution is 2.44. The second-order valence-electron chi connectivity index (χ2n) is 8.41. The Kier molecular flexibility index (Phi) is 7.40. The molecule has 0 aliphatic heterocycles. The van der Waals surface area contributed by atoms with Crippen LogP contribution < -0.4 is 10.6 Å². The number of nitrogens with zero attached hydrogens (tertiary/aromatic N) is 1. The zero-order valence-electron chi connectivity index (χ0n) is 19.4. The average molecular weight is 474 g/mol. The fourth-order valence-electron chi connectivity index (χ4n) is 4.28. The van der Waals surface area contributed by atoms with Crippen molar-refractivity contribution < 1.29 is 24.2 Å². The molecule has 1 aliphatic rings. The van der Waals surface area contributed by atoms with E-state index in [1.54, 1.807) is 12.1 Å². The zero-order valence-corrected chi connectivity index (χ0v) is 19.4. The van der Waals surface area contributed by atoms with Gasteiger partial charge in [-0.2, -0.15) is 0 Å². The Labute approximate surface area is 203 Å². The Bertz CT molecular complexity index is 1180. The summed E-state index contributed by atoms with van der Waals surface area (Å²) < 4.78 is 5.54. The number of pyridine rings is 1. The summed E-state index contributed by atoms with van der Waals surface area (Å²) in [5.41, 5.74) is 5.45. The number of amides is 2. The van der Waals surface area contributed by atoms with Gasteiger partial charge in [0.2, 0.25) is 5.91 Å². The van der Waals surface area contributed by atoms with Crippen molar-refractivity contribution >= 4 is 23.7 Å². The molecular formula is C27H27N3O5. The molecule has 0 bridgehead atoms. The highest BCUT2D eigenvalue weighted by molar-refractivity contribution is 5.92. The lowest BCUT2D eigenvalue weighted by Crippen LogP contribution is -2.36. The molecule has 1 atom stereocenters. The number of carbonyl (C=O) groups is 3. The summed E-state index contributed by atoms with van der Waals surface area (Å²) in [5.74, 6) is -1.73. The molecule has 3 N–H and O–H groups in total. The highest BCUT2D eigenvalue weighted by atomic mass is 16.5. The smallest absolute Gasteiger partial charge is 0.407 e. The maximum Gasteiger partial charge on any atom is 0.407 e. The minimum Gasteiger partial charge on any atom is -0.481 e. The number of benzene rings is 2. The van der Waals surface area contributed by atoms with Crippen molar-refractivity contribution in [1.29, 1.82) is 0 Å². The molecule has 3 aromatic rings. The minimum absolute atomic E-state index is 0.0324. The number of carboxylic acids is 1. The van der Waals surface area contributed by atoms with Crippen molar-refractivity contribution in [1.82, 2.24) is 10.3 Å². The Hall–Kier alpha value is -4.20. The lowest BCUT2D eigenvalue weighted by molar-refractivity contribution is -0.136. The predicted octanol–water partition coefficient (Wildman–Crippen LogP) is 4.21. The normalized spacial score (nSPS) is 12.8. The van der Waals surface area contributed by atoms with Gasteiger partial charge in [0.1, 0.15) is 6.61 Å². The zero-order chi connectivity index (χ0) is 24.8. The molecule has 2 aromatic carbocycles. The van der Waals surface area contributed by atoms with Gasteiger partial charge in [0.25, 0.3) is 0 Å². The van der Waals surface area contributed by atoms with Crippen LogP contribution in [-0.4, -0.2) is 41.2 Å². The van der Waals surface area contributed by atoms with Gasteiger partial charge in [-0.15, -0.1) is 0 Å². The van der Waals surface area contributed by atoms with Crippen molar-refractivity contribution in [3.05, 3.63) is 83.7 Å². The summed E-state index contributed by atoms with van der Waals surface area (Å²) in [4.78, 5) is 39.9. The summed E-state index contributed by atoms with van der Waals surface area (Å²) in [6.45, 7) is 2.19. The van der Waals surface area contributed by atoms with E-state index in [0.29, 0.717) is 17.8 Å². The highest BCUT2D eigenvalue weighted by Gasteiger charge is 2.29. The minimum atomic E-state index is -0.973. The third-order valence-corrected chi connectivity index (χ3v) is 6.12. The summed E-state index contributed by atoms with van der Waals surface area (Å²) in [5, 5.41) is 14.3. The van der Waals surface area contributed by atoms with Crippen LogP contribution in [0, 0.1) is 5.92 Å². The molecule has 0 radical (unpaired) electrons. The number of alkyl carbamates (subject to hydrolysis) is 1. The molecule has 1 aliphatic carbocycles. The van der Waals surface area contributed by atoms with Crippen molar-refractivity contribution in [2.75, 3.05) is 18.5 Å². The molecule has 8 nitrogen and oxygen atoms in total.